The molecule has 3 aromatic rings. The maximum Gasteiger partial charge on any atom is 0.224 e. The molecule has 3 rings (SSSR count). The summed E-state index contributed by atoms with van der Waals surface area (Å²) in [5.74, 6) is 0.997. The van der Waals surface area contributed by atoms with Crippen molar-refractivity contribution >= 4 is 23.4 Å². The van der Waals surface area contributed by atoms with Crippen LogP contribution < -0.4 is 10.6 Å². The first kappa shape index (κ1) is 16.2. The number of hydrogen-bond acceptors (Lipinski definition) is 4. The van der Waals surface area contributed by atoms with Gasteiger partial charge in [0, 0.05) is 24.3 Å². The molecule has 0 unspecified atom stereocenters. The smallest absolute Gasteiger partial charge is 0.224 e. The van der Waals surface area contributed by atoms with Gasteiger partial charge in [-0.05, 0) is 41.5 Å². The highest BCUT2D eigenvalue weighted by molar-refractivity contribution is 6.30. The molecule has 0 bridgehead atoms. The average molecular weight is 343 g/mol. The molecule has 0 aliphatic heterocycles. The Bertz CT molecular complexity index is 726. The normalized spacial score (nSPS) is 10.4. The highest BCUT2D eigenvalue weighted by Crippen LogP contribution is 2.12. The predicted octanol–water partition coefficient (Wildman–Crippen LogP) is 4.49. The second kappa shape index (κ2) is 7.75. The molecule has 0 radical (unpaired) electrons. The van der Waals surface area contributed by atoms with E-state index in [1.165, 1.54) is 12.1 Å². The molecule has 1 aromatic heterocycles. The lowest BCUT2D eigenvalue weighted by molar-refractivity contribution is 0.627. The second-order valence-electron chi connectivity index (χ2n) is 5.23. The molecule has 6 heteroatoms. The Hall–Kier alpha value is -2.66. The first-order valence-corrected chi connectivity index (χ1v) is 7.86. The van der Waals surface area contributed by atoms with E-state index in [2.05, 4.69) is 20.6 Å². The molecule has 0 saturated heterocycles. The van der Waals surface area contributed by atoms with Crippen LogP contribution in [0.2, 0.25) is 5.02 Å². The molecule has 0 spiro atoms. The maximum atomic E-state index is 12.9. The van der Waals surface area contributed by atoms with Gasteiger partial charge >= 0.3 is 0 Å². The Morgan fingerprint density at radius 3 is 2.17 bits per heavy atom. The van der Waals surface area contributed by atoms with E-state index in [1.807, 2.05) is 24.3 Å². The highest BCUT2D eigenvalue weighted by atomic mass is 35.5. The van der Waals surface area contributed by atoms with Crippen molar-refractivity contribution in [2.24, 2.45) is 0 Å². The van der Waals surface area contributed by atoms with Gasteiger partial charge in [-0.1, -0.05) is 35.9 Å². The topological polar surface area (TPSA) is 49.8 Å². The van der Waals surface area contributed by atoms with Gasteiger partial charge in [-0.15, -0.1) is 0 Å². The molecule has 4 nitrogen and oxygen atoms in total. The largest absolute Gasteiger partial charge is 0.366 e. The summed E-state index contributed by atoms with van der Waals surface area (Å²) >= 11 is 5.87. The first-order valence-electron chi connectivity index (χ1n) is 7.49. The summed E-state index contributed by atoms with van der Waals surface area (Å²) in [4.78, 5) is 8.61. The van der Waals surface area contributed by atoms with Gasteiger partial charge in [0.05, 0.1) is 0 Å². The van der Waals surface area contributed by atoms with Crippen molar-refractivity contribution in [2.45, 2.75) is 13.1 Å². The van der Waals surface area contributed by atoms with Crippen molar-refractivity contribution in [3.05, 3.63) is 82.8 Å². The quantitative estimate of drug-likeness (QED) is 0.692. The first-order chi connectivity index (χ1) is 11.7. The molecular weight excluding hydrogens is 327 g/mol. The number of anilines is 2. The van der Waals surface area contributed by atoms with Crippen LogP contribution in [0.1, 0.15) is 11.1 Å². The van der Waals surface area contributed by atoms with E-state index in [-0.39, 0.29) is 5.82 Å². The summed E-state index contributed by atoms with van der Waals surface area (Å²) in [6.07, 6.45) is 1.68. The zero-order valence-corrected chi connectivity index (χ0v) is 13.6. The van der Waals surface area contributed by atoms with Crippen LogP contribution in [-0.4, -0.2) is 9.97 Å². The Morgan fingerprint density at radius 1 is 0.833 bits per heavy atom. The fourth-order valence-electron chi connectivity index (χ4n) is 2.12. The SMILES string of the molecule is Fc1ccc(CNc2ccnc(NCc3ccc(Cl)cc3)n2)cc1. The van der Waals surface area contributed by atoms with E-state index in [0.29, 0.717) is 29.9 Å². The number of nitrogens with one attached hydrogen (secondary N) is 2. The van der Waals surface area contributed by atoms with Crippen LogP contribution in [0, 0.1) is 5.82 Å². The fourth-order valence-corrected chi connectivity index (χ4v) is 2.25. The Kier molecular flexibility index (Phi) is 5.23. The van der Waals surface area contributed by atoms with Crippen LogP contribution in [0.25, 0.3) is 0 Å². The van der Waals surface area contributed by atoms with Gasteiger partial charge in [0.25, 0.3) is 0 Å². The van der Waals surface area contributed by atoms with E-state index in [1.54, 1.807) is 24.4 Å². The van der Waals surface area contributed by atoms with E-state index in [4.69, 9.17) is 11.6 Å². The van der Waals surface area contributed by atoms with Crippen LogP contribution in [0.5, 0.6) is 0 Å². The lowest BCUT2D eigenvalue weighted by Crippen LogP contribution is -2.06. The summed E-state index contributed by atoms with van der Waals surface area (Å²) in [5, 5.41) is 7.08. The zero-order chi connectivity index (χ0) is 16.8. The van der Waals surface area contributed by atoms with Crippen LogP contribution in [0.3, 0.4) is 0 Å². The number of halogens is 2. The maximum absolute atomic E-state index is 12.9. The monoisotopic (exact) mass is 342 g/mol. The van der Waals surface area contributed by atoms with Crippen molar-refractivity contribution in [3.63, 3.8) is 0 Å². The minimum atomic E-state index is -0.241. The Balaban J connectivity index is 1.57. The Labute approximate surface area is 144 Å². The fraction of sp³-hybridized carbons (Fsp3) is 0.111. The lowest BCUT2D eigenvalue weighted by Gasteiger charge is -2.09. The van der Waals surface area contributed by atoms with E-state index in [0.717, 1.165) is 11.1 Å². The van der Waals surface area contributed by atoms with Gasteiger partial charge in [-0.3, -0.25) is 0 Å². The third-order valence-corrected chi connectivity index (χ3v) is 3.66. The van der Waals surface area contributed by atoms with Crippen molar-refractivity contribution in [3.8, 4) is 0 Å². The standard InChI is InChI=1S/C18H16ClFN4/c19-15-5-1-13(2-6-15)12-23-18-21-10-9-17(24-18)22-11-14-3-7-16(20)8-4-14/h1-10H,11-12H2,(H2,21,22,23,24). The minimum absolute atomic E-state index is 0.241. The van der Waals surface area contributed by atoms with Crippen molar-refractivity contribution in [1.82, 2.24) is 9.97 Å². The lowest BCUT2D eigenvalue weighted by atomic mass is 10.2. The van der Waals surface area contributed by atoms with Crippen LogP contribution in [0.4, 0.5) is 16.2 Å². The van der Waals surface area contributed by atoms with E-state index in [9.17, 15) is 4.39 Å². The molecular formula is C18H16ClFN4. The highest BCUT2D eigenvalue weighted by Gasteiger charge is 2.01. The molecule has 0 saturated carbocycles. The summed E-state index contributed by atoms with van der Waals surface area (Å²) in [5.41, 5.74) is 2.07. The number of rotatable bonds is 6. The van der Waals surface area contributed by atoms with Gasteiger partial charge in [0.2, 0.25) is 5.95 Å². The molecule has 0 fully saturated rings. The molecule has 2 N–H and O–H groups in total. The number of benzene rings is 2. The van der Waals surface area contributed by atoms with Gasteiger partial charge in [-0.2, -0.15) is 4.98 Å². The third-order valence-electron chi connectivity index (χ3n) is 3.41. The summed E-state index contributed by atoms with van der Waals surface area (Å²) in [7, 11) is 0. The van der Waals surface area contributed by atoms with Gasteiger partial charge in [-0.25, -0.2) is 9.37 Å². The summed E-state index contributed by atoms with van der Waals surface area (Å²) in [6.45, 7) is 1.17. The zero-order valence-electron chi connectivity index (χ0n) is 12.8. The Morgan fingerprint density at radius 2 is 1.46 bits per heavy atom. The third kappa shape index (κ3) is 4.67. The molecule has 0 atom stereocenters. The van der Waals surface area contributed by atoms with Crippen LogP contribution in [-0.2, 0) is 13.1 Å². The van der Waals surface area contributed by atoms with Crippen LogP contribution >= 0.6 is 11.6 Å². The van der Waals surface area contributed by atoms with Crippen molar-refractivity contribution in [1.29, 1.82) is 0 Å². The van der Waals surface area contributed by atoms with Crippen LogP contribution in [0.15, 0.2) is 60.8 Å². The summed E-state index contributed by atoms with van der Waals surface area (Å²) < 4.78 is 12.9. The average Bonchev–Trinajstić information content (AvgIpc) is 2.61. The molecule has 2 aromatic carbocycles. The molecule has 24 heavy (non-hydrogen) atoms. The molecule has 0 aliphatic rings. The summed E-state index contributed by atoms with van der Waals surface area (Å²) in [6, 6.07) is 15.7. The van der Waals surface area contributed by atoms with E-state index >= 15 is 0 Å². The molecule has 1 heterocycles. The van der Waals surface area contributed by atoms with Gasteiger partial charge in [0.15, 0.2) is 0 Å². The second-order valence-corrected chi connectivity index (χ2v) is 5.66. The number of nitrogens with zero attached hydrogens (tertiary/aromatic N) is 2. The van der Waals surface area contributed by atoms with Crippen molar-refractivity contribution < 1.29 is 4.39 Å². The van der Waals surface area contributed by atoms with Gasteiger partial charge < -0.3 is 10.6 Å². The minimum Gasteiger partial charge on any atom is -0.366 e. The molecule has 122 valence electrons. The van der Waals surface area contributed by atoms with Crippen molar-refractivity contribution in [2.75, 3.05) is 10.6 Å². The molecule has 0 aliphatic carbocycles. The number of hydrogen-bond donors (Lipinski definition) is 2. The van der Waals surface area contributed by atoms with E-state index < -0.39 is 0 Å². The van der Waals surface area contributed by atoms with Gasteiger partial charge in [0.1, 0.15) is 11.6 Å². The predicted molar refractivity (Wildman–Crippen MR) is 94.5 cm³/mol. The molecule has 0 amide bonds. The number of aromatic nitrogens is 2.